The zero-order valence-corrected chi connectivity index (χ0v) is 14.4. The molecule has 3 fully saturated rings. The fourth-order valence-electron chi connectivity index (χ4n) is 3.86. The number of nitrogens with one attached hydrogen (secondary N) is 1. The molecule has 1 atom stereocenters. The highest BCUT2D eigenvalue weighted by Gasteiger charge is 2.32. The Hall–Kier alpha value is -1.40. The van der Waals surface area contributed by atoms with Crippen LogP contribution >= 0.6 is 0 Å². The Morgan fingerprint density at radius 3 is 2.75 bits per heavy atom. The number of aromatic nitrogens is 2. The van der Waals surface area contributed by atoms with Crippen LogP contribution in [-0.4, -0.2) is 65.2 Å². The van der Waals surface area contributed by atoms with Crippen LogP contribution in [0.3, 0.4) is 0 Å². The number of aromatic amines is 1. The molecule has 0 aromatic carbocycles. The summed E-state index contributed by atoms with van der Waals surface area (Å²) in [6.45, 7) is 5.48. The maximum absolute atomic E-state index is 12.9. The first-order chi connectivity index (χ1) is 11.8. The van der Waals surface area contributed by atoms with E-state index in [9.17, 15) is 4.79 Å². The van der Waals surface area contributed by atoms with Crippen molar-refractivity contribution in [2.45, 2.75) is 44.6 Å². The predicted octanol–water partition coefficient (Wildman–Crippen LogP) is 2.21. The molecule has 24 heavy (non-hydrogen) atoms. The highest BCUT2D eigenvalue weighted by Crippen LogP contribution is 2.32. The third kappa shape index (κ3) is 3.64. The lowest BCUT2D eigenvalue weighted by molar-refractivity contribution is -0.0338. The zero-order chi connectivity index (χ0) is 16.4. The SMILES string of the molecule is O=C(c1cn[nH]c1C1CN(CC2CC2)CCO1)N1CCCCCC1. The summed E-state index contributed by atoms with van der Waals surface area (Å²) in [5.74, 6) is 0.993. The minimum absolute atomic E-state index is 0.0640. The summed E-state index contributed by atoms with van der Waals surface area (Å²) >= 11 is 0. The number of amides is 1. The maximum Gasteiger partial charge on any atom is 0.257 e. The number of hydrogen-bond donors (Lipinski definition) is 1. The van der Waals surface area contributed by atoms with Gasteiger partial charge >= 0.3 is 0 Å². The van der Waals surface area contributed by atoms with E-state index in [1.807, 2.05) is 4.90 Å². The van der Waals surface area contributed by atoms with Crippen molar-refractivity contribution in [2.75, 3.05) is 39.3 Å². The summed E-state index contributed by atoms with van der Waals surface area (Å²) in [5.41, 5.74) is 1.57. The van der Waals surface area contributed by atoms with Gasteiger partial charge in [0.2, 0.25) is 0 Å². The Kier molecular flexibility index (Phi) is 4.85. The molecule has 1 saturated carbocycles. The van der Waals surface area contributed by atoms with Crippen LogP contribution in [-0.2, 0) is 4.74 Å². The van der Waals surface area contributed by atoms with Crippen LogP contribution in [0.5, 0.6) is 0 Å². The lowest BCUT2D eigenvalue weighted by Crippen LogP contribution is -2.40. The third-order valence-corrected chi connectivity index (χ3v) is 5.48. The first-order valence-electron chi connectivity index (χ1n) is 9.48. The summed E-state index contributed by atoms with van der Waals surface area (Å²) in [4.78, 5) is 17.4. The molecular formula is C18H28N4O2. The molecule has 0 radical (unpaired) electrons. The number of hydrogen-bond acceptors (Lipinski definition) is 4. The molecule has 1 amide bonds. The Bertz CT molecular complexity index is 561. The lowest BCUT2D eigenvalue weighted by atomic mass is 10.1. The van der Waals surface area contributed by atoms with E-state index in [4.69, 9.17) is 4.74 Å². The summed E-state index contributed by atoms with van der Waals surface area (Å²) in [6.07, 6.45) is 9.02. The van der Waals surface area contributed by atoms with E-state index < -0.39 is 0 Å². The number of carbonyl (C=O) groups is 1. The van der Waals surface area contributed by atoms with E-state index in [2.05, 4.69) is 15.1 Å². The van der Waals surface area contributed by atoms with Crippen LogP contribution in [0.15, 0.2) is 6.20 Å². The van der Waals surface area contributed by atoms with Gasteiger partial charge in [-0.3, -0.25) is 14.8 Å². The Morgan fingerprint density at radius 2 is 2.00 bits per heavy atom. The average molecular weight is 332 g/mol. The number of H-pyrrole nitrogens is 1. The van der Waals surface area contributed by atoms with E-state index in [0.717, 1.165) is 57.2 Å². The second kappa shape index (κ2) is 7.23. The highest BCUT2D eigenvalue weighted by atomic mass is 16.5. The minimum atomic E-state index is -0.0640. The third-order valence-electron chi connectivity index (χ3n) is 5.48. The first kappa shape index (κ1) is 16.1. The molecular weight excluding hydrogens is 304 g/mol. The van der Waals surface area contributed by atoms with E-state index in [1.165, 1.54) is 32.2 Å². The standard InChI is InChI=1S/C18H28N4O2/c23-18(22-7-3-1-2-4-8-22)15-11-19-20-17(15)16-13-21(9-10-24-16)12-14-5-6-14/h11,14,16H,1-10,12-13H2,(H,19,20). The molecule has 3 aliphatic rings. The minimum Gasteiger partial charge on any atom is -0.369 e. The molecule has 1 aliphatic carbocycles. The Labute approximate surface area is 143 Å². The van der Waals surface area contributed by atoms with Crippen molar-refractivity contribution in [3.63, 3.8) is 0 Å². The molecule has 132 valence electrons. The second-order valence-corrected chi connectivity index (χ2v) is 7.47. The summed E-state index contributed by atoms with van der Waals surface area (Å²) in [5, 5.41) is 7.22. The van der Waals surface area contributed by atoms with Crippen molar-refractivity contribution in [1.29, 1.82) is 0 Å². The molecule has 6 heteroatoms. The van der Waals surface area contributed by atoms with E-state index in [0.29, 0.717) is 5.56 Å². The van der Waals surface area contributed by atoms with Gasteiger partial charge in [-0.15, -0.1) is 0 Å². The van der Waals surface area contributed by atoms with Crippen LogP contribution in [0.4, 0.5) is 0 Å². The Morgan fingerprint density at radius 1 is 1.21 bits per heavy atom. The van der Waals surface area contributed by atoms with Gasteiger partial charge in [-0.05, 0) is 31.6 Å². The monoisotopic (exact) mass is 332 g/mol. The first-order valence-corrected chi connectivity index (χ1v) is 9.48. The maximum atomic E-state index is 12.9. The molecule has 4 rings (SSSR count). The van der Waals surface area contributed by atoms with Gasteiger partial charge in [0, 0.05) is 32.7 Å². The number of morpholine rings is 1. The van der Waals surface area contributed by atoms with Crippen molar-refractivity contribution in [3.8, 4) is 0 Å². The molecule has 0 spiro atoms. The molecule has 1 unspecified atom stereocenters. The predicted molar refractivity (Wildman–Crippen MR) is 90.8 cm³/mol. The van der Waals surface area contributed by atoms with Crippen molar-refractivity contribution in [3.05, 3.63) is 17.5 Å². The molecule has 2 saturated heterocycles. The number of ether oxygens (including phenoxy) is 1. The van der Waals surface area contributed by atoms with Crippen LogP contribution in [0, 0.1) is 5.92 Å². The van der Waals surface area contributed by atoms with E-state index >= 15 is 0 Å². The van der Waals surface area contributed by atoms with Gasteiger partial charge in [0.05, 0.1) is 24.1 Å². The summed E-state index contributed by atoms with van der Waals surface area (Å²) in [7, 11) is 0. The molecule has 1 N–H and O–H groups in total. The summed E-state index contributed by atoms with van der Waals surface area (Å²) < 4.78 is 5.97. The number of nitrogens with zero attached hydrogens (tertiary/aromatic N) is 3. The normalized spacial score (nSPS) is 26.3. The van der Waals surface area contributed by atoms with Gasteiger partial charge < -0.3 is 9.64 Å². The molecule has 6 nitrogen and oxygen atoms in total. The molecule has 0 bridgehead atoms. The Balaban J connectivity index is 1.45. The van der Waals surface area contributed by atoms with Crippen molar-refractivity contribution < 1.29 is 9.53 Å². The average Bonchev–Trinajstić information content (AvgIpc) is 3.34. The van der Waals surface area contributed by atoms with Crippen LogP contribution < -0.4 is 0 Å². The van der Waals surface area contributed by atoms with Crippen molar-refractivity contribution >= 4 is 5.91 Å². The molecule has 1 aromatic heterocycles. The summed E-state index contributed by atoms with van der Waals surface area (Å²) in [6, 6.07) is 0. The van der Waals surface area contributed by atoms with Gasteiger partial charge in [-0.2, -0.15) is 5.10 Å². The van der Waals surface area contributed by atoms with E-state index in [-0.39, 0.29) is 12.0 Å². The zero-order valence-electron chi connectivity index (χ0n) is 14.4. The smallest absolute Gasteiger partial charge is 0.257 e. The van der Waals surface area contributed by atoms with E-state index in [1.54, 1.807) is 6.20 Å². The molecule has 3 heterocycles. The van der Waals surface area contributed by atoms with Crippen molar-refractivity contribution in [2.24, 2.45) is 5.92 Å². The van der Waals surface area contributed by atoms with Gasteiger partial charge in [0.15, 0.2) is 0 Å². The fourth-order valence-corrected chi connectivity index (χ4v) is 3.86. The second-order valence-electron chi connectivity index (χ2n) is 7.47. The topological polar surface area (TPSA) is 61.5 Å². The van der Waals surface area contributed by atoms with Crippen molar-refractivity contribution in [1.82, 2.24) is 20.0 Å². The van der Waals surface area contributed by atoms with Crippen LogP contribution in [0.2, 0.25) is 0 Å². The van der Waals surface area contributed by atoms with Crippen LogP contribution in [0.1, 0.15) is 60.7 Å². The largest absolute Gasteiger partial charge is 0.369 e. The van der Waals surface area contributed by atoms with Crippen LogP contribution in [0.25, 0.3) is 0 Å². The van der Waals surface area contributed by atoms with Gasteiger partial charge in [-0.25, -0.2) is 0 Å². The van der Waals surface area contributed by atoms with Gasteiger partial charge in [-0.1, -0.05) is 12.8 Å². The number of likely N-dealkylation sites (tertiary alicyclic amines) is 1. The molecule has 2 aliphatic heterocycles. The van der Waals surface area contributed by atoms with Gasteiger partial charge in [0.25, 0.3) is 5.91 Å². The number of carbonyl (C=O) groups excluding carboxylic acids is 1. The quantitative estimate of drug-likeness (QED) is 0.918. The number of rotatable bonds is 4. The fraction of sp³-hybridized carbons (Fsp3) is 0.778. The molecule has 1 aromatic rings. The van der Waals surface area contributed by atoms with Gasteiger partial charge in [0.1, 0.15) is 6.10 Å². The highest BCUT2D eigenvalue weighted by molar-refractivity contribution is 5.95. The lowest BCUT2D eigenvalue weighted by Gasteiger charge is -2.33.